The van der Waals surface area contributed by atoms with E-state index in [0.29, 0.717) is 0 Å². The molecule has 1 N–H and O–H groups in total. The summed E-state index contributed by atoms with van der Waals surface area (Å²) in [6, 6.07) is 4.18. The van der Waals surface area contributed by atoms with Crippen molar-refractivity contribution in [2.75, 3.05) is 0 Å². The van der Waals surface area contributed by atoms with Crippen molar-refractivity contribution in [1.29, 1.82) is 0 Å². The van der Waals surface area contributed by atoms with E-state index in [9.17, 15) is 0 Å². The highest BCUT2D eigenvalue weighted by molar-refractivity contribution is 5.53. The van der Waals surface area contributed by atoms with Gasteiger partial charge < -0.3 is 5.32 Å². The summed E-state index contributed by atoms with van der Waals surface area (Å²) in [7, 11) is 0. The number of hydrogen-bond acceptors (Lipinski definition) is 6. The van der Waals surface area contributed by atoms with Crippen molar-refractivity contribution in [2.24, 2.45) is 0 Å². The Hall–Kier alpha value is -2.73. The van der Waals surface area contributed by atoms with Crippen LogP contribution in [0.3, 0.4) is 0 Å². The fourth-order valence-electron chi connectivity index (χ4n) is 3.29. The minimum absolute atomic E-state index is 0.271. The van der Waals surface area contributed by atoms with Crippen LogP contribution in [0.1, 0.15) is 48.5 Å². The largest absolute Gasteiger partial charge is 0.306 e. The Kier molecular flexibility index (Phi) is 4.93. The van der Waals surface area contributed by atoms with E-state index >= 15 is 0 Å². The Morgan fingerprint density at radius 3 is 2.77 bits per heavy atom. The Bertz CT molecular complexity index is 863. The summed E-state index contributed by atoms with van der Waals surface area (Å²) < 4.78 is 0. The van der Waals surface area contributed by atoms with Crippen LogP contribution in [0.15, 0.2) is 43.1 Å². The van der Waals surface area contributed by atoms with Gasteiger partial charge in [0.2, 0.25) is 0 Å². The van der Waals surface area contributed by atoms with E-state index in [-0.39, 0.29) is 6.04 Å². The van der Waals surface area contributed by atoms with Gasteiger partial charge in [-0.25, -0.2) is 19.9 Å². The normalized spacial score (nSPS) is 16.3. The molecule has 1 atom stereocenters. The molecule has 0 saturated heterocycles. The second-order valence-electron chi connectivity index (χ2n) is 6.52. The maximum absolute atomic E-state index is 4.80. The van der Waals surface area contributed by atoms with Crippen molar-refractivity contribution >= 4 is 0 Å². The van der Waals surface area contributed by atoms with Gasteiger partial charge >= 0.3 is 0 Å². The van der Waals surface area contributed by atoms with Crippen LogP contribution in [0.5, 0.6) is 0 Å². The fraction of sp³-hybridized carbons (Fsp3) is 0.350. The SMILES string of the molecule is CCc1ncc(CNC2CCCc3nc(-c4cccnc4)ncc32)cn1. The molecule has 3 heterocycles. The maximum Gasteiger partial charge on any atom is 0.160 e. The molecule has 3 aromatic heterocycles. The zero-order valence-electron chi connectivity index (χ0n) is 14.9. The first kappa shape index (κ1) is 16.7. The zero-order valence-corrected chi connectivity index (χ0v) is 14.9. The number of aryl methyl sites for hydroxylation is 2. The molecule has 0 radical (unpaired) electrons. The molecule has 0 aliphatic heterocycles. The average molecular weight is 346 g/mol. The standard InChI is InChI=1S/C20H22N6/c1-2-19-23-10-14(11-24-19)9-22-17-6-3-7-18-16(17)13-25-20(26-18)15-5-4-8-21-12-15/h4-5,8,10-13,17,22H,2-3,6-7,9H2,1H3. The van der Waals surface area contributed by atoms with Crippen molar-refractivity contribution in [2.45, 2.75) is 45.2 Å². The third-order valence-corrected chi connectivity index (χ3v) is 4.73. The first-order chi connectivity index (χ1) is 12.8. The van der Waals surface area contributed by atoms with Crippen LogP contribution in [0, 0.1) is 0 Å². The van der Waals surface area contributed by atoms with Gasteiger partial charge in [0.1, 0.15) is 5.82 Å². The highest BCUT2D eigenvalue weighted by Crippen LogP contribution is 2.29. The van der Waals surface area contributed by atoms with Crippen LogP contribution in [0.4, 0.5) is 0 Å². The van der Waals surface area contributed by atoms with Crippen LogP contribution >= 0.6 is 0 Å². The van der Waals surface area contributed by atoms with Crippen LogP contribution in [0.2, 0.25) is 0 Å². The van der Waals surface area contributed by atoms with Crippen LogP contribution in [-0.4, -0.2) is 24.9 Å². The Morgan fingerprint density at radius 1 is 1.12 bits per heavy atom. The Balaban J connectivity index is 1.50. The molecule has 0 amide bonds. The molecule has 0 spiro atoms. The van der Waals surface area contributed by atoms with Crippen LogP contribution < -0.4 is 5.32 Å². The lowest BCUT2D eigenvalue weighted by molar-refractivity contribution is 0.451. The van der Waals surface area contributed by atoms with Gasteiger partial charge in [-0.1, -0.05) is 6.92 Å². The summed E-state index contributed by atoms with van der Waals surface area (Å²) in [6.45, 7) is 2.81. The third-order valence-electron chi connectivity index (χ3n) is 4.73. The van der Waals surface area contributed by atoms with Crippen molar-refractivity contribution in [3.05, 3.63) is 65.8 Å². The lowest BCUT2D eigenvalue weighted by Gasteiger charge is -2.25. The highest BCUT2D eigenvalue weighted by atomic mass is 15.0. The number of hydrogen-bond donors (Lipinski definition) is 1. The Labute approximate surface area is 153 Å². The molecule has 1 unspecified atom stereocenters. The lowest BCUT2D eigenvalue weighted by Crippen LogP contribution is -2.26. The Morgan fingerprint density at radius 2 is 2.00 bits per heavy atom. The second kappa shape index (κ2) is 7.66. The molecule has 6 nitrogen and oxygen atoms in total. The molecule has 0 bridgehead atoms. The van der Waals surface area contributed by atoms with Gasteiger partial charge in [-0.05, 0) is 31.4 Å². The molecule has 0 fully saturated rings. The number of nitrogens with one attached hydrogen (secondary N) is 1. The van der Waals surface area contributed by atoms with Crippen molar-refractivity contribution < 1.29 is 0 Å². The minimum atomic E-state index is 0.271. The van der Waals surface area contributed by atoms with E-state index < -0.39 is 0 Å². The molecule has 1 aliphatic carbocycles. The lowest BCUT2D eigenvalue weighted by atomic mass is 9.92. The van der Waals surface area contributed by atoms with Crippen molar-refractivity contribution in [3.63, 3.8) is 0 Å². The number of fused-ring (bicyclic) bond motifs is 1. The number of aromatic nitrogens is 5. The summed E-state index contributed by atoms with van der Waals surface area (Å²) in [4.78, 5) is 22.3. The number of rotatable bonds is 5. The molecule has 1 aliphatic rings. The summed E-state index contributed by atoms with van der Waals surface area (Å²) in [5.74, 6) is 1.63. The first-order valence-electron chi connectivity index (χ1n) is 9.13. The molecule has 0 aromatic carbocycles. The van der Waals surface area contributed by atoms with Gasteiger partial charge in [0.15, 0.2) is 5.82 Å². The summed E-state index contributed by atoms with van der Waals surface area (Å²) in [5.41, 5.74) is 4.40. The van der Waals surface area contributed by atoms with Gasteiger partial charge in [0, 0.05) is 72.4 Å². The van der Waals surface area contributed by atoms with E-state index in [0.717, 1.165) is 60.7 Å². The first-order valence-corrected chi connectivity index (χ1v) is 9.13. The van der Waals surface area contributed by atoms with Crippen LogP contribution in [-0.2, 0) is 19.4 Å². The molecule has 6 heteroatoms. The third kappa shape index (κ3) is 3.60. The minimum Gasteiger partial charge on any atom is -0.306 e. The molecule has 0 saturated carbocycles. The molecular weight excluding hydrogens is 324 g/mol. The van der Waals surface area contributed by atoms with Gasteiger partial charge in [-0.15, -0.1) is 0 Å². The second-order valence-corrected chi connectivity index (χ2v) is 6.52. The molecule has 132 valence electrons. The number of pyridine rings is 1. The predicted molar refractivity (Wildman–Crippen MR) is 99.2 cm³/mol. The van der Waals surface area contributed by atoms with Gasteiger partial charge in [-0.2, -0.15) is 0 Å². The summed E-state index contributed by atoms with van der Waals surface area (Å²) in [6.07, 6.45) is 13.4. The predicted octanol–water partition coefficient (Wildman–Crippen LogP) is 3.06. The fourth-order valence-corrected chi connectivity index (χ4v) is 3.29. The molecular formula is C20H22N6. The molecule has 3 aromatic rings. The van der Waals surface area contributed by atoms with E-state index in [4.69, 9.17) is 4.98 Å². The number of nitrogens with zero attached hydrogens (tertiary/aromatic N) is 5. The quantitative estimate of drug-likeness (QED) is 0.765. The van der Waals surface area contributed by atoms with E-state index in [1.54, 1.807) is 12.4 Å². The summed E-state index contributed by atoms with van der Waals surface area (Å²) in [5, 5.41) is 3.62. The van der Waals surface area contributed by atoms with E-state index in [1.807, 2.05) is 30.7 Å². The zero-order chi connectivity index (χ0) is 17.8. The maximum atomic E-state index is 4.80. The topological polar surface area (TPSA) is 76.5 Å². The highest BCUT2D eigenvalue weighted by Gasteiger charge is 2.22. The smallest absolute Gasteiger partial charge is 0.160 e. The van der Waals surface area contributed by atoms with E-state index in [2.05, 4.69) is 32.2 Å². The summed E-state index contributed by atoms with van der Waals surface area (Å²) >= 11 is 0. The molecule has 4 rings (SSSR count). The van der Waals surface area contributed by atoms with Crippen LogP contribution in [0.25, 0.3) is 11.4 Å². The van der Waals surface area contributed by atoms with Crippen molar-refractivity contribution in [1.82, 2.24) is 30.2 Å². The molecule has 26 heavy (non-hydrogen) atoms. The van der Waals surface area contributed by atoms with Crippen molar-refractivity contribution in [3.8, 4) is 11.4 Å². The van der Waals surface area contributed by atoms with E-state index in [1.165, 1.54) is 5.56 Å². The average Bonchev–Trinajstić information content (AvgIpc) is 2.73. The van der Waals surface area contributed by atoms with Gasteiger partial charge in [0.05, 0.1) is 0 Å². The monoisotopic (exact) mass is 346 g/mol. The van der Waals surface area contributed by atoms with Gasteiger partial charge in [0.25, 0.3) is 0 Å². The van der Waals surface area contributed by atoms with Gasteiger partial charge in [-0.3, -0.25) is 4.98 Å².